The minimum Gasteiger partial charge on any atom is -0.457 e. The Morgan fingerprint density at radius 1 is 0.400 bits per heavy atom. The van der Waals surface area contributed by atoms with Crippen LogP contribution in [0, 0.1) is 0 Å². The molecule has 5 aromatic rings. The molecular formula is C36H36N2O2. The fraction of sp³-hybridized carbons (Fsp3) is 0.167. The van der Waals surface area contributed by atoms with Gasteiger partial charge in [0.2, 0.25) is 0 Å². The Labute approximate surface area is 237 Å². The second-order valence-electron chi connectivity index (χ2n) is 11.2. The lowest BCUT2D eigenvalue weighted by Gasteiger charge is -2.35. The quantitative estimate of drug-likeness (QED) is 0.197. The van der Waals surface area contributed by atoms with Crippen molar-refractivity contribution in [3.05, 3.63) is 144 Å². The number of nitrogens with two attached hydrogens (primary N) is 2. The van der Waals surface area contributed by atoms with E-state index in [1.54, 1.807) is 0 Å². The van der Waals surface area contributed by atoms with Gasteiger partial charge in [-0.05, 0) is 95.1 Å². The van der Waals surface area contributed by atoms with E-state index in [1.165, 1.54) is 22.3 Å². The molecule has 0 radical (unpaired) electrons. The molecule has 0 saturated heterocycles. The van der Waals surface area contributed by atoms with Gasteiger partial charge in [0.1, 0.15) is 23.0 Å². The van der Waals surface area contributed by atoms with Gasteiger partial charge in [-0.2, -0.15) is 0 Å². The summed E-state index contributed by atoms with van der Waals surface area (Å²) in [5.41, 5.74) is 17.6. The summed E-state index contributed by atoms with van der Waals surface area (Å²) >= 11 is 0. The zero-order chi connectivity index (χ0) is 28.3. The normalized spacial score (nSPS) is 11.7. The lowest BCUT2D eigenvalue weighted by atomic mass is 9.68. The highest BCUT2D eigenvalue weighted by Crippen LogP contribution is 2.42. The lowest BCUT2D eigenvalue weighted by molar-refractivity contribution is 0.481. The molecule has 0 saturated carbocycles. The third-order valence-corrected chi connectivity index (χ3v) is 7.66. The molecule has 5 aromatic carbocycles. The first-order valence-corrected chi connectivity index (χ1v) is 13.5. The van der Waals surface area contributed by atoms with Crippen LogP contribution in [0.2, 0.25) is 0 Å². The molecule has 0 aliphatic carbocycles. The molecule has 4 N–H and O–H groups in total. The van der Waals surface area contributed by atoms with Crippen LogP contribution in [0.4, 0.5) is 11.4 Å². The summed E-state index contributed by atoms with van der Waals surface area (Å²) in [7, 11) is 0. The fourth-order valence-electron chi connectivity index (χ4n) is 5.11. The Bertz CT molecular complexity index is 1450. The molecule has 4 nitrogen and oxygen atoms in total. The standard InChI is InChI=1S/C36H36N2O2/c1-35(2,25-9-17-29(18-10-25)39-31-21-13-27(37)14-22-31)33-7-5-6-8-34(33)36(3,4)26-11-19-30(20-12-26)40-32-23-15-28(38)16-24-32/h5-24H,37-38H2,1-4H3. The molecule has 0 aliphatic heterocycles. The van der Waals surface area contributed by atoms with E-state index >= 15 is 0 Å². The summed E-state index contributed by atoms with van der Waals surface area (Å²) in [6.07, 6.45) is 0. The highest BCUT2D eigenvalue weighted by Gasteiger charge is 2.32. The van der Waals surface area contributed by atoms with Gasteiger partial charge in [0.05, 0.1) is 0 Å². The van der Waals surface area contributed by atoms with E-state index in [4.69, 9.17) is 20.9 Å². The van der Waals surface area contributed by atoms with E-state index in [0.29, 0.717) is 11.4 Å². The minimum atomic E-state index is -0.230. The molecule has 0 fully saturated rings. The third-order valence-electron chi connectivity index (χ3n) is 7.66. The molecular weight excluding hydrogens is 492 g/mol. The first kappa shape index (κ1) is 26.9. The van der Waals surface area contributed by atoms with Gasteiger partial charge in [-0.15, -0.1) is 0 Å². The van der Waals surface area contributed by atoms with Gasteiger partial charge in [0, 0.05) is 22.2 Å². The fourth-order valence-corrected chi connectivity index (χ4v) is 5.11. The average Bonchev–Trinajstić information content (AvgIpc) is 2.96. The number of rotatable bonds is 8. The molecule has 5 rings (SSSR count). The molecule has 0 unspecified atom stereocenters. The number of hydrogen-bond acceptors (Lipinski definition) is 4. The number of hydrogen-bond donors (Lipinski definition) is 2. The molecule has 0 heterocycles. The average molecular weight is 529 g/mol. The topological polar surface area (TPSA) is 70.5 Å². The Morgan fingerprint density at radius 3 is 0.975 bits per heavy atom. The van der Waals surface area contributed by atoms with Crippen molar-refractivity contribution < 1.29 is 9.47 Å². The van der Waals surface area contributed by atoms with Crippen molar-refractivity contribution in [3.63, 3.8) is 0 Å². The molecule has 202 valence electrons. The first-order valence-electron chi connectivity index (χ1n) is 13.5. The predicted molar refractivity (Wildman–Crippen MR) is 165 cm³/mol. The Morgan fingerprint density at radius 2 is 0.675 bits per heavy atom. The van der Waals surface area contributed by atoms with Gasteiger partial charge in [-0.25, -0.2) is 0 Å². The van der Waals surface area contributed by atoms with Crippen molar-refractivity contribution in [2.45, 2.75) is 38.5 Å². The number of ether oxygens (including phenoxy) is 2. The molecule has 0 amide bonds. The summed E-state index contributed by atoms with van der Waals surface area (Å²) in [6, 6.07) is 40.3. The van der Waals surface area contributed by atoms with Crippen LogP contribution in [0.5, 0.6) is 23.0 Å². The predicted octanol–water partition coefficient (Wildman–Crippen LogP) is 9.09. The monoisotopic (exact) mass is 528 g/mol. The van der Waals surface area contributed by atoms with Gasteiger partial charge < -0.3 is 20.9 Å². The summed E-state index contributed by atoms with van der Waals surface area (Å²) in [6.45, 7) is 9.12. The summed E-state index contributed by atoms with van der Waals surface area (Å²) in [4.78, 5) is 0. The van der Waals surface area contributed by atoms with Crippen molar-refractivity contribution in [3.8, 4) is 23.0 Å². The molecule has 0 bridgehead atoms. The van der Waals surface area contributed by atoms with E-state index in [9.17, 15) is 0 Å². The van der Waals surface area contributed by atoms with Crippen LogP contribution in [0.3, 0.4) is 0 Å². The second kappa shape index (κ2) is 10.8. The van der Waals surface area contributed by atoms with Crippen LogP contribution in [-0.4, -0.2) is 0 Å². The molecule has 0 spiro atoms. The third kappa shape index (κ3) is 5.67. The smallest absolute Gasteiger partial charge is 0.127 e. The van der Waals surface area contributed by atoms with Crippen molar-refractivity contribution >= 4 is 11.4 Å². The molecule has 40 heavy (non-hydrogen) atoms. The van der Waals surface area contributed by atoms with Crippen molar-refractivity contribution in [2.24, 2.45) is 0 Å². The van der Waals surface area contributed by atoms with Crippen molar-refractivity contribution in [1.82, 2.24) is 0 Å². The van der Waals surface area contributed by atoms with Crippen LogP contribution in [0.25, 0.3) is 0 Å². The largest absolute Gasteiger partial charge is 0.457 e. The van der Waals surface area contributed by atoms with Gasteiger partial charge in [0.15, 0.2) is 0 Å². The first-order chi connectivity index (χ1) is 19.1. The maximum absolute atomic E-state index is 6.02. The maximum atomic E-state index is 6.02. The van der Waals surface area contributed by atoms with Crippen LogP contribution >= 0.6 is 0 Å². The van der Waals surface area contributed by atoms with Gasteiger partial charge in [-0.1, -0.05) is 76.2 Å². The van der Waals surface area contributed by atoms with Crippen LogP contribution in [0.1, 0.15) is 49.9 Å². The minimum absolute atomic E-state index is 0.230. The summed E-state index contributed by atoms with van der Waals surface area (Å²) < 4.78 is 12.0. The molecule has 4 heteroatoms. The number of anilines is 2. The van der Waals surface area contributed by atoms with E-state index in [1.807, 2.05) is 72.8 Å². The van der Waals surface area contributed by atoms with Crippen molar-refractivity contribution in [2.75, 3.05) is 11.5 Å². The summed E-state index contributed by atoms with van der Waals surface area (Å²) in [5, 5.41) is 0. The van der Waals surface area contributed by atoms with Gasteiger partial charge in [0.25, 0.3) is 0 Å². The van der Waals surface area contributed by atoms with E-state index < -0.39 is 0 Å². The van der Waals surface area contributed by atoms with Gasteiger partial charge in [-0.3, -0.25) is 0 Å². The molecule has 0 aliphatic rings. The Balaban J connectivity index is 1.39. The summed E-state index contributed by atoms with van der Waals surface area (Å²) in [5.74, 6) is 3.11. The van der Waals surface area contributed by atoms with E-state index in [0.717, 1.165) is 23.0 Å². The van der Waals surface area contributed by atoms with Crippen LogP contribution in [-0.2, 0) is 10.8 Å². The van der Waals surface area contributed by atoms with E-state index in [-0.39, 0.29) is 10.8 Å². The number of nitrogen functional groups attached to an aromatic ring is 2. The van der Waals surface area contributed by atoms with Crippen molar-refractivity contribution in [1.29, 1.82) is 0 Å². The zero-order valence-electron chi connectivity index (χ0n) is 23.5. The Kier molecular flexibility index (Phi) is 7.27. The van der Waals surface area contributed by atoms with Gasteiger partial charge >= 0.3 is 0 Å². The SMILES string of the molecule is CC(C)(c1ccc(Oc2ccc(N)cc2)cc1)c1ccccc1C(C)(C)c1ccc(Oc2ccc(N)cc2)cc1. The lowest BCUT2D eigenvalue weighted by Crippen LogP contribution is -2.28. The number of benzene rings is 5. The zero-order valence-corrected chi connectivity index (χ0v) is 23.5. The van der Waals surface area contributed by atoms with Crippen LogP contribution < -0.4 is 20.9 Å². The Hall–Kier alpha value is -4.70. The highest BCUT2D eigenvalue weighted by atomic mass is 16.5. The molecule has 0 aromatic heterocycles. The van der Waals surface area contributed by atoms with E-state index in [2.05, 4.69) is 76.2 Å². The van der Waals surface area contributed by atoms with Crippen LogP contribution in [0.15, 0.2) is 121 Å². The molecule has 0 atom stereocenters. The second-order valence-corrected chi connectivity index (χ2v) is 11.2. The highest BCUT2D eigenvalue weighted by molar-refractivity contribution is 5.51. The maximum Gasteiger partial charge on any atom is 0.127 e.